The van der Waals surface area contributed by atoms with E-state index in [0.717, 1.165) is 18.4 Å². The Morgan fingerprint density at radius 1 is 1.47 bits per heavy atom. The highest BCUT2D eigenvalue weighted by atomic mass is 79.9. The molecule has 0 fully saturated rings. The molecule has 1 heterocycles. The predicted molar refractivity (Wildman–Crippen MR) is 74.2 cm³/mol. The fourth-order valence-corrected chi connectivity index (χ4v) is 3.23. The molecular weight excluding hydrogens is 272 g/mol. The molecule has 0 bridgehead atoms. The Bertz CT molecular complexity index is 229. The zero-order valence-corrected chi connectivity index (χ0v) is 12.4. The van der Waals surface area contributed by atoms with Crippen LogP contribution in [0.2, 0.25) is 0 Å². The quantitative estimate of drug-likeness (QED) is 0.740. The first-order valence-electron chi connectivity index (χ1n) is 5.58. The van der Waals surface area contributed by atoms with Gasteiger partial charge in [0.25, 0.3) is 0 Å². The van der Waals surface area contributed by atoms with Gasteiger partial charge >= 0.3 is 0 Å². The number of aliphatic imine (C=N–C) groups is 1. The molecule has 0 aromatic carbocycles. The van der Waals surface area contributed by atoms with E-state index < -0.39 is 0 Å². The van der Waals surface area contributed by atoms with Crippen molar-refractivity contribution in [1.82, 2.24) is 4.90 Å². The molecule has 0 saturated heterocycles. The van der Waals surface area contributed by atoms with Crippen molar-refractivity contribution in [3.8, 4) is 0 Å². The van der Waals surface area contributed by atoms with Gasteiger partial charge in [0, 0.05) is 23.2 Å². The van der Waals surface area contributed by atoms with Crippen molar-refractivity contribution < 1.29 is 0 Å². The molecule has 0 aromatic rings. The van der Waals surface area contributed by atoms with Gasteiger partial charge in [-0.2, -0.15) is 0 Å². The summed E-state index contributed by atoms with van der Waals surface area (Å²) in [5, 5.41) is 2.91. The maximum atomic E-state index is 4.64. The summed E-state index contributed by atoms with van der Waals surface area (Å²) in [6, 6.07) is 0.549. The average molecular weight is 293 g/mol. The van der Waals surface area contributed by atoms with Gasteiger partial charge < -0.3 is 4.90 Å². The van der Waals surface area contributed by atoms with Crippen LogP contribution in [-0.2, 0) is 0 Å². The van der Waals surface area contributed by atoms with Gasteiger partial charge in [-0.1, -0.05) is 41.5 Å². The van der Waals surface area contributed by atoms with Crippen LogP contribution in [0.4, 0.5) is 0 Å². The van der Waals surface area contributed by atoms with Crippen molar-refractivity contribution >= 4 is 32.9 Å². The van der Waals surface area contributed by atoms with Gasteiger partial charge in [-0.25, -0.2) is 0 Å². The molecule has 0 radical (unpaired) electrons. The number of halogens is 1. The molecule has 1 aliphatic rings. The summed E-state index contributed by atoms with van der Waals surface area (Å²) in [4.78, 5) is 7.07. The lowest BCUT2D eigenvalue weighted by molar-refractivity contribution is 0.317. The molecule has 1 rings (SSSR count). The Kier molecular flexibility index (Phi) is 5.47. The van der Waals surface area contributed by atoms with Crippen LogP contribution >= 0.6 is 27.7 Å². The minimum atomic E-state index is 0.549. The van der Waals surface area contributed by atoms with Crippen molar-refractivity contribution in [2.45, 2.75) is 39.0 Å². The van der Waals surface area contributed by atoms with E-state index in [1.54, 1.807) is 0 Å². The van der Waals surface area contributed by atoms with E-state index in [0.29, 0.717) is 17.2 Å². The number of amidine groups is 1. The second-order valence-corrected chi connectivity index (χ2v) is 6.57. The van der Waals surface area contributed by atoms with Gasteiger partial charge in [-0.15, -0.1) is 0 Å². The Balaban J connectivity index is 2.58. The van der Waals surface area contributed by atoms with Crippen LogP contribution in [0, 0.1) is 5.92 Å². The molecule has 0 N–H and O–H groups in total. The van der Waals surface area contributed by atoms with Gasteiger partial charge in [0.2, 0.25) is 0 Å². The first kappa shape index (κ1) is 13.4. The largest absolute Gasteiger partial charge is 0.349 e. The molecule has 15 heavy (non-hydrogen) atoms. The highest BCUT2D eigenvalue weighted by Gasteiger charge is 2.24. The molecule has 1 unspecified atom stereocenters. The summed E-state index contributed by atoms with van der Waals surface area (Å²) in [7, 11) is 0. The van der Waals surface area contributed by atoms with E-state index in [2.05, 4.69) is 53.5 Å². The van der Waals surface area contributed by atoms with Crippen LogP contribution in [0.15, 0.2) is 4.99 Å². The van der Waals surface area contributed by atoms with E-state index in [4.69, 9.17) is 0 Å². The molecule has 0 amide bonds. The lowest BCUT2D eigenvalue weighted by atomic mass is 10.2. The minimum absolute atomic E-state index is 0.549. The fraction of sp³-hybridized carbons (Fsp3) is 0.909. The van der Waals surface area contributed by atoms with Gasteiger partial charge in [-0.05, 0) is 19.8 Å². The molecule has 88 valence electrons. The number of hydrogen-bond donors (Lipinski definition) is 0. The zero-order chi connectivity index (χ0) is 11.4. The minimum Gasteiger partial charge on any atom is -0.349 e. The average Bonchev–Trinajstić information content (AvgIpc) is 2.61. The first-order valence-corrected chi connectivity index (χ1v) is 7.58. The third-order valence-corrected chi connectivity index (χ3v) is 4.74. The lowest BCUT2D eigenvalue weighted by Crippen LogP contribution is -2.37. The maximum absolute atomic E-state index is 4.64. The molecule has 0 aromatic heterocycles. The van der Waals surface area contributed by atoms with E-state index >= 15 is 0 Å². The van der Waals surface area contributed by atoms with Crippen LogP contribution in [0.25, 0.3) is 0 Å². The van der Waals surface area contributed by atoms with Crippen molar-refractivity contribution in [2.75, 3.05) is 18.4 Å². The highest BCUT2D eigenvalue weighted by molar-refractivity contribution is 9.09. The Labute approximate surface area is 106 Å². The molecule has 0 spiro atoms. The standard InChI is InChI=1S/C11H21BrN2S/c1-8(2)7-14(9(3)4)11-13-6-10(5-12)15-11/h8-10H,5-7H2,1-4H3. The topological polar surface area (TPSA) is 15.6 Å². The Morgan fingerprint density at radius 3 is 2.53 bits per heavy atom. The molecule has 2 nitrogen and oxygen atoms in total. The lowest BCUT2D eigenvalue weighted by Gasteiger charge is -2.30. The third kappa shape index (κ3) is 3.99. The number of rotatable bonds is 4. The summed E-state index contributed by atoms with van der Waals surface area (Å²) in [6.07, 6.45) is 0. The van der Waals surface area contributed by atoms with E-state index in [-0.39, 0.29) is 0 Å². The molecule has 1 aliphatic heterocycles. The smallest absolute Gasteiger partial charge is 0.159 e. The number of nitrogens with zero attached hydrogens (tertiary/aromatic N) is 2. The summed E-state index contributed by atoms with van der Waals surface area (Å²) >= 11 is 5.45. The van der Waals surface area contributed by atoms with Gasteiger partial charge in [0.1, 0.15) is 0 Å². The van der Waals surface area contributed by atoms with E-state index in [9.17, 15) is 0 Å². The SMILES string of the molecule is CC(C)CN(C1=NCC(CBr)S1)C(C)C. The molecule has 0 aliphatic carbocycles. The Morgan fingerprint density at radius 2 is 2.13 bits per heavy atom. The second-order valence-electron chi connectivity index (χ2n) is 4.66. The van der Waals surface area contributed by atoms with E-state index in [1.165, 1.54) is 5.17 Å². The van der Waals surface area contributed by atoms with Crippen molar-refractivity contribution in [3.63, 3.8) is 0 Å². The molecule has 1 atom stereocenters. The molecular formula is C11H21BrN2S. The van der Waals surface area contributed by atoms with Crippen molar-refractivity contribution in [1.29, 1.82) is 0 Å². The molecule has 0 saturated carbocycles. The van der Waals surface area contributed by atoms with Crippen LogP contribution in [0.5, 0.6) is 0 Å². The second kappa shape index (κ2) is 6.14. The van der Waals surface area contributed by atoms with E-state index in [1.807, 2.05) is 11.8 Å². The number of alkyl halides is 1. The van der Waals surface area contributed by atoms with Crippen molar-refractivity contribution in [2.24, 2.45) is 10.9 Å². The normalized spacial score (nSPS) is 21.3. The van der Waals surface area contributed by atoms with Gasteiger partial charge in [0.05, 0.1) is 6.54 Å². The summed E-state index contributed by atoms with van der Waals surface area (Å²) in [5.74, 6) is 0.693. The summed E-state index contributed by atoms with van der Waals surface area (Å²) < 4.78 is 0. The summed E-state index contributed by atoms with van der Waals surface area (Å²) in [6.45, 7) is 11.1. The van der Waals surface area contributed by atoms with Crippen LogP contribution < -0.4 is 0 Å². The van der Waals surface area contributed by atoms with Gasteiger partial charge in [0.15, 0.2) is 5.17 Å². The highest BCUT2D eigenvalue weighted by Crippen LogP contribution is 2.26. The fourth-order valence-electron chi connectivity index (χ4n) is 1.55. The molecule has 4 heteroatoms. The number of thioether (sulfide) groups is 1. The Hall–Kier alpha value is 0.300. The van der Waals surface area contributed by atoms with Gasteiger partial charge in [-0.3, -0.25) is 4.99 Å². The predicted octanol–water partition coefficient (Wildman–Crippen LogP) is 3.22. The van der Waals surface area contributed by atoms with Crippen LogP contribution in [0.1, 0.15) is 27.7 Å². The third-order valence-electron chi connectivity index (χ3n) is 2.31. The van der Waals surface area contributed by atoms with Crippen LogP contribution in [-0.4, -0.2) is 39.8 Å². The van der Waals surface area contributed by atoms with Crippen LogP contribution in [0.3, 0.4) is 0 Å². The monoisotopic (exact) mass is 292 g/mol. The first-order chi connectivity index (χ1) is 7.04. The maximum Gasteiger partial charge on any atom is 0.159 e. The van der Waals surface area contributed by atoms with Crippen molar-refractivity contribution in [3.05, 3.63) is 0 Å². The zero-order valence-electron chi connectivity index (χ0n) is 10.0. The number of hydrogen-bond acceptors (Lipinski definition) is 3. The summed E-state index contributed by atoms with van der Waals surface area (Å²) in [5.41, 5.74) is 0.